The summed E-state index contributed by atoms with van der Waals surface area (Å²) in [6, 6.07) is 10.5. The molecule has 0 saturated heterocycles. The van der Waals surface area contributed by atoms with Crippen molar-refractivity contribution >= 4 is 28.4 Å². The average molecular weight is 286 g/mol. The first-order valence-corrected chi connectivity index (χ1v) is 8.68. The zero-order chi connectivity index (χ0) is 13.8. The number of nitrogens with zero attached hydrogens (tertiary/aromatic N) is 1. The maximum Gasteiger partial charge on any atom is 0.133 e. The summed E-state index contributed by atoms with van der Waals surface area (Å²) in [4.78, 5) is 4.54. The Balaban J connectivity index is 1.79. The molecule has 1 aromatic carbocycles. The molecule has 0 aliphatic heterocycles. The van der Waals surface area contributed by atoms with Crippen LogP contribution < -0.4 is 5.32 Å². The lowest BCUT2D eigenvalue weighted by Gasteiger charge is -2.36. The van der Waals surface area contributed by atoms with Crippen LogP contribution in [0.3, 0.4) is 0 Å². The number of thioether (sulfide) groups is 1. The molecular weight excluding hydrogens is 264 g/mol. The normalized spacial score (nSPS) is 18.1. The third kappa shape index (κ3) is 2.78. The molecule has 106 valence electrons. The highest BCUT2D eigenvalue weighted by Crippen LogP contribution is 2.38. The Labute approximate surface area is 125 Å². The van der Waals surface area contributed by atoms with Crippen LogP contribution in [0, 0.1) is 0 Å². The molecule has 1 aromatic heterocycles. The minimum absolute atomic E-state index is 0.400. The Morgan fingerprint density at radius 1 is 1.15 bits per heavy atom. The van der Waals surface area contributed by atoms with E-state index in [1.165, 1.54) is 42.9 Å². The fourth-order valence-corrected chi connectivity index (χ4v) is 4.07. The summed E-state index contributed by atoms with van der Waals surface area (Å²) in [5.74, 6) is 1.03. The van der Waals surface area contributed by atoms with Crippen molar-refractivity contribution in [2.45, 2.75) is 36.9 Å². The molecule has 3 heteroatoms. The Morgan fingerprint density at radius 3 is 2.75 bits per heavy atom. The van der Waals surface area contributed by atoms with Gasteiger partial charge in [-0.15, -0.1) is 0 Å². The van der Waals surface area contributed by atoms with Crippen LogP contribution in [0.25, 0.3) is 10.8 Å². The van der Waals surface area contributed by atoms with E-state index >= 15 is 0 Å². The lowest BCUT2D eigenvalue weighted by molar-refractivity contribution is 0.411. The van der Waals surface area contributed by atoms with Gasteiger partial charge in [0.05, 0.1) is 0 Å². The van der Waals surface area contributed by atoms with Gasteiger partial charge in [-0.3, -0.25) is 0 Å². The van der Waals surface area contributed by atoms with Crippen LogP contribution in [0.4, 0.5) is 5.82 Å². The molecule has 2 aromatic rings. The van der Waals surface area contributed by atoms with Crippen molar-refractivity contribution in [2.24, 2.45) is 0 Å². The van der Waals surface area contributed by atoms with Gasteiger partial charge < -0.3 is 5.32 Å². The Bertz CT molecular complexity index is 571. The van der Waals surface area contributed by atoms with Crippen molar-refractivity contribution in [3.05, 3.63) is 36.5 Å². The van der Waals surface area contributed by atoms with Crippen LogP contribution >= 0.6 is 11.8 Å². The third-order valence-electron chi connectivity index (χ3n) is 4.45. The van der Waals surface area contributed by atoms with E-state index in [0.717, 1.165) is 12.4 Å². The molecule has 1 fully saturated rings. The first kappa shape index (κ1) is 13.7. The predicted octanol–water partition coefficient (Wildman–Crippen LogP) is 4.71. The van der Waals surface area contributed by atoms with Gasteiger partial charge in [0.25, 0.3) is 0 Å². The quantitative estimate of drug-likeness (QED) is 0.881. The SMILES string of the molecule is CSC1(CNc2nccc3ccccc23)CCCCC1. The highest BCUT2D eigenvalue weighted by Gasteiger charge is 2.30. The molecule has 1 heterocycles. The van der Waals surface area contributed by atoms with E-state index in [-0.39, 0.29) is 0 Å². The van der Waals surface area contributed by atoms with Gasteiger partial charge in [0.2, 0.25) is 0 Å². The zero-order valence-corrected chi connectivity index (χ0v) is 12.9. The van der Waals surface area contributed by atoms with Crippen molar-refractivity contribution in [1.29, 1.82) is 0 Å². The minimum Gasteiger partial charge on any atom is -0.368 e. The maximum atomic E-state index is 4.54. The molecule has 0 spiro atoms. The molecule has 20 heavy (non-hydrogen) atoms. The first-order chi connectivity index (χ1) is 9.83. The number of pyridine rings is 1. The predicted molar refractivity (Wildman–Crippen MR) is 89.6 cm³/mol. The van der Waals surface area contributed by atoms with E-state index in [4.69, 9.17) is 0 Å². The average Bonchev–Trinajstić information content (AvgIpc) is 2.54. The van der Waals surface area contributed by atoms with E-state index in [1.807, 2.05) is 18.0 Å². The van der Waals surface area contributed by atoms with Crippen LogP contribution in [-0.2, 0) is 0 Å². The van der Waals surface area contributed by atoms with Crippen LogP contribution in [0.15, 0.2) is 36.5 Å². The molecule has 1 saturated carbocycles. The molecular formula is C17H22N2S. The number of anilines is 1. The Morgan fingerprint density at radius 2 is 1.95 bits per heavy atom. The molecule has 2 nitrogen and oxygen atoms in total. The molecule has 1 aliphatic rings. The molecule has 0 bridgehead atoms. The Hall–Kier alpha value is -1.22. The van der Waals surface area contributed by atoms with E-state index in [9.17, 15) is 0 Å². The maximum absolute atomic E-state index is 4.54. The summed E-state index contributed by atoms with van der Waals surface area (Å²) in [6.07, 6.45) is 10.9. The van der Waals surface area contributed by atoms with Gasteiger partial charge in [0, 0.05) is 22.9 Å². The van der Waals surface area contributed by atoms with E-state index in [2.05, 4.69) is 46.9 Å². The van der Waals surface area contributed by atoms with Gasteiger partial charge in [0.1, 0.15) is 5.82 Å². The second kappa shape index (κ2) is 6.04. The van der Waals surface area contributed by atoms with Crippen LogP contribution in [0.5, 0.6) is 0 Å². The smallest absolute Gasteiger partial charge is 0.133 e. The summed E-state index contributed by atoms with van der Waals surface area (Å²) in [7, 11) is 0. The molecule has 1 aliphatic carbocycles. The van der Waals surface area contributed by atoms with E-state index in [0.29, 0.717) is 4.75 Å². The summed E-state index contributed by atoms with van der Waals surface area (Å²) in [5, 5.41) is 6.10. The lowest BCUT2D eigenvalue weighted by Crippen LogP contribution is -2.35. The fraction of sp³-hybridized carbons (Fsp3) is 0.471. The van der Waals surface area contributed by atoms with Gasteiger partial charge in [-0.05, 0) is 30.6 Å². The second-order valence-electron chi connectivity index (χ2n) is 5.68. The second-order valence-corrected chi connectivity index (χ2v) is 6.96. The summed E-state index contributed by atoms with van der Waals surface area (Å²) in [6.45, 7) is 1.02. The lowest BCUT2D eigenvalue weighted by atomic mass is 9.88. The zero-order valence-electron chi connectivity index (χ0n) is 12.1. The highest BCUT2D eigenvalue weighted by molar-refractivity contribution is 8.00. The van der Waals surface area contributed by atoms with Crippen LogP contribution in [0.1, 0.15) is 32.1 Å². The van der Waals surface area contributed by atoms with Crippen LogP contribution in [-0.4, -0.2) is 22.5 Å². The van der Waals surface area contributed by atoms with Gasteiger partial charge in [-0.2, -0.15) is 11.8 Å². The Kier molecular flexibility index (Phi) is 4.16. The number of fused-ring (bicyclic) bond motifs is 1. The topological polar surface area (TPSA) is 24.9 Å². The largest absolute Gasteiger partial charge is 0.368 e. The standard InChI is InChI=1S/C17H22N2S/c1-20-17(10-5-2-6-11-17)13-19-16-15-8-4-3-7-14(15)9-12-18-16/h3-4,7-9,12H,2,5-6,10-11,13H2,1H3,(H,18,19). The van der Waals surface area contributed by atoms with Crippen molar-refractivity contribution in [3.63, 3.8) is 0 Å². The van der Waals surface area contributed by atoms with Crippen molar-refractivity contribution < 1.29 is 0 Å². The van der Waals surface area contributed by atoms with E-state index < -0.39 is 0 Å². The summed E-state index contributed by atoms with van der Waals surface area (Å²) >= 11 is 2.03. The van der Waals surface area contributed by atoms with Gasteiger partial charge in [-0.25, -0.2) is 4.98 Å². The number of benzene rings is 1. The number of hydrogen-bond acceptors (Lipinski definition) is 3. The minimum atomic E-state index is 0.400. The van der Waals surface area contributed by atoms with Crippen LogP contribution in [0.2, 0.25) is 0 Å². The molecule has 3 rings (SSSR count). The fourth-order valence-electron chi connectivity index (χ4n) is 3.15. The summed E-state index contributed by atoms with van der Waals surface area (Å²) < 4.78 is 0.400. The molecule has 0 amide bonds. The van der Waals surface area contributed by atoms with Gasteiger partial charge in [0.15, 0.2) is 0 Å². The first-order valence-electron chi connectivity index (χ1n) is 7.46. The van der Waals surface area contributed by atoms with Crippen molar-refractivity contribution in [2.75, 3.05) is 18.1 Å². The molecule has 0 atom stereocenters. The third-order valence-corrected chi connectivity index (χ3v) is 5.87. The number of aromatic nitrogens is 1. The number of nitrogens with one attached hydrogen (secondary N) is 1. The monoisotopic (exact) mass is 286 g/mol. The van der Waals surface area contributed by atoms with Gasteiger partial charge >= 0.3 is 0 Å². The van der Waals surface area contributed by atoms with Crippen molar-refractivity contribution in [1.82, 2.24) is 4.98 Å². The van der Waals surface area contributed by atoms with Gasteiger partial charge in [-0.1, -0.05) is 43.5 Å². The van der Waals surface area contributed by atoms with Crippen molar-refractivity contribution in [3.8, 4) is 0 Å². The number of hydrogen-bond donors (Lipinski definition) is 1. The van der Waals surface area contributed by atoms with E-state index in [1.54, 1.807) is 0 Å². The summed E-state index contributed by atoms with van der Waals surface area (Å²) in [5.41, 5.74) is 0. The molecule has 0 radical (unpaired) electrons. The molecule has 1 N–H and O–H groups in total. The molecule has 0 unspecified atom stereocenters. The highest BCUT2D eigenvalue weighted by atomic mass is 32.2. The number of rotatable bonds is 4.